The van der Waals surface area contributed by atoms with Crippen molar-refractivity contribution in [2.75, 3.05) is 33.7 Å². The Balaban J connectivity index is 2.79. The highest BCUT2D eigenvalue weighted by Crippen LogP contribution is 2.24. The van der Waals surface area contributed by atoms with Gasteiger partial charge in [-0.3, -0.25) is 9.59 Å². The summed E-state index contributed by atoms with van der Waals surface area (Å²) in [5.74, 6) is -1.25. The fourth-order valence-corrected chi connectivity index (χ4v) is 2.83. The van der Waals surface area contributed by atoms with Crippen molar-refractivity contribution in [2.24, 2.45) is 0 Å². The van der Waals surface area contributed by atoms with Crippen LogP contribution >= 0.6 is 27.3 Å². The number of thiophene rings is 1. The molecular weight excluding hydrogens is 320 g/mol. The number of likely N-dealkylation sites (N-methyl/N-ethyl adjacent to an activating group) is 1. The second kappa shape index (κ2) is 6.86. The van der Waals surface area contributed by atoms with Crippen molar-refractivity contribution in [3.8, 4) is 0 Å². The number of carboxylic acids is 1. The van der Waals surface area contributed by atoms with Crippen LogP contribution in [-0.2, 0) is 4.79 Å². The number of amides is 1. The molecule has 0 saturated heterocycles. The average Bonchev–Trinajstić information content (AvgIpc) is 2.69. The Labute approximate surface area is 118 Å². The lowest BCUT2D eigenvalue weighted by atomic mass is 10.3. The van der Waals surface area contributed by atoms with Gasteiger partial charge in [0.1, 0.15) is 11.4 Å². The molecule has 1 N–H and O–H groups in total. The van der Waals surface area contributed by atoms with Gasteiger partial charge in [-0.2, -0.15) is 0 Å². The number of carbonyl (C=O) groups excluding carboxylic acids is 1. The van der Waals surface area contributed by atoms with E-state index in [-0.39, 0.29) is 12.5 Å². The first-order chi connectivity index (χ1) is 8.41. The van der Waals surface area contributed by atoms with Crippen molar-refractivity contribution in [1.82, 2.24) is 9.80 Å². The van der Waals surface area contributed by atoms with Crippen LogP contribution in [0.4, 0.5) is 0 Å². The van der Waals surface area contributed by atoms with E-state index in [0.717, 1.165) is 0 Å². The van der Waals surface area contributed by atoms with Gasteiger partial charge in [-0.25, -0.2) is 0 Å². The zero-order valence-electron chi connectivity index (χ0n) is 10.2. The first-order valence-corrected chi connectivity index (χ1v) is 6.98. The van der Waals surface area contributed by atoms with E-state index < -0.39 is 5.97 Å². The predicted octanol–water partition coefficient (Wildman–Crippen LogP) is 1.60. The third kappa shape index (κ3) is 4.40. The predicted molar refractivity (Wildman–Crippen MR) is 74.1 cm³/mol. The Bertz CT molecular complexity index is 434. The maximum Gasteiger partial charge on any atom is 0.323 e. The van der Waals surface area contributed by atoms with Crippen molar-refractivity contribution in [3.05, 3.63) is 20.8 Å². The molecule has 100 valence electrons. The standard InChI is InChI=1S/C11H15BrN2O3S/c1-13(2)4-5-14(7-9(15)16)11(17)10-8(12)3-6-18-10/h3,6H,4-5,7H2,1-2H3,(H,15,16). The number of halogens is 1. The Hall–Kier alpha value is -0.920. The summed E-state index contributed by atoms with van der Waals surface area (Å²) in [5, 5.41) is 10.6. The van der Waals surface area contributed by atoms with E-state index in [1.807, 2.05) is 19.0 Å². The molecule has 1 aromatic rings. The van der Waals surface area contributed by atoms with Gasteiger partial charge in [-0.05, 0) is 41.5 Å². The Morgan fingerprint density at radius 2 is 2.06 bits per heavy atom. The maximum atomic E-state index is 12.2. The first-order valence-electron chi connectivity index (χ1n) is 5.30. The molecule has 0 unspecified atom stereocenters. The fourth-order valence-electron chi connectivity index (χ4n) is 1.33. The smallest absolute Gasteiger partial charge is 0.323 e. The number of hydrogen-bond acceptors (Lipinski definition) is 4. The van der Waals surface area contributed by atoms with Gasteiger partial charge in [-0.15, -0.1) is 11.3 Å². The SMILES string of the molecule is CN(C)CCN(CC(=O)O)C(=O)c1sccc1Br. The number of rotatable bonds is 6. The van der Waals surface area contributed by atoms with E-state index in [9.17, 15) is 9.59 Å². The monoisotopic (exact) mass is 334 g/mol. The normalized spacial score (nSPS) is 10.7. The lowest BCUT2D eigenvalue weighted by molar-refractivity contribution is -0.137. The minimum Gasteiger partial charge on any atom is -0.480 e. The molecule has 1 aromatic heterocycles. The molecule has 0 saturated carbocycles. The molecule has 0 atom stereocenters. The molecule has 0 aromatic carbocycles. The molecule has 18 heavy (non-hydrogen) atoms. The molecule has 1 rings (SSSR count). The molecule has 0 aliphatic rings. The highest BCUT2D eigenvalue weighted by molar-refractivity contribution is 9.10. The molecule has 0 fully saturated rings. The van der Waals surface area contributed by atoms with Crippen molar-refractivity contribution >= 4 is 39.1 Å². The molecule has 0 spiro atoms. The fraction of sp³-hybridized carbons (Fsp3) is 0.455. The molecule has 7 heteroatoms. The van der Waals surface area contributed by atoms with Crippen LogP contribution in [0.1, 0.15) is 9.67 Å². The quantitative estimate of drug-likeness (QED) is 0.858. The third-order valence-electron chi connectivity index (χ3n) is 2.24. The average molecular weight is 335 g/mol. The van der Waals surface area contributed by atoms with E-state index >= 15 is 0 Å². The second-order valence-corrected chi connectivity index (χ2v) is 5.79. The number of nitrogens with zero attached hydrogens (tertiary/aromatic N) is 2. The van der Waals surface area contributed by atoms with Gasteiger partial charge in [0.05, 0.1) is 0 Å². The summed E-state index contributed by atoms with van der Waals surface area (Å²) in [6.45, 7) is 0.738. The molecular formula is C11H15BrN2O3S. The number of hydrogen-bond donors (Lipinski definition) is 1. The summed E-state index contributed by atoms with van der Waals surface area (Å²) in [6, 6.07) is 1.78. The zero-order chi connectivity index (χ0) is 13.7. The molecule has 0 radical (unpaired) electrons. The Kier molecular flexibility index (Phi) is 5.77. The number of aliphatic carboxylic acids is 1. The van der Waals surface area contributed by atoms with Crippen molar-refractivity contribution in [2.45, 2.75) is 0 Å². The van der Waals surface area contributed by atoms with Crippen LogP contribution in [0.3, 0.4) is 0 Å². The zero-order valence-corrected chi connectivity index (χ0v) is 12.6. The lowest BCUT2D eigenvalue weighted by Crippen LogP contribution is -2.39. The maximum absolute atomic E-state index is 12.2. The summed E-state index contributed by atoms with van der Waals surface area (Å²) in [6.07, 6.45) is 0. The Morgan fingerprint density at radius 3 is 2.50 bits per heavy atom. The van der Waals surface area contributed by atoms with E-state index in [4.69, 9.17) is 5.11 Å². The van der Waals surface area contributed by atoms with E-state index in [1.165, 1.54) is 16.2 Å². The first kappa shape index (κ1) is 15.1. The largest absolute Gasteiger partial charge is 0.480 e. The van der Waals surface area contributed by atoms with Gasteiger partial charge in [0.25, 0.3) is 5.91 Å². The van der Waals surface area contributed by atoms with Gasteiger partial charge in [0.15, 0.2) is 0 Å². The van der Waals surface area contributed by atoms with Crippen LogP contribution in [0.2, 0.25) is 0 Å². The summed E-state index contributed by atoms with van der Waals surface area (Å²) >= 11 is 4.59. The second-order valence-electron chi connectivity index (χ2n) is 4.02. The molecule has 5 nitrogen and oxygen atoms in total. The van der Waals surface area contributed by atoms with Crippen LogP contribution in [0, 0.1) is 0 Å². The highest BCUT2D eigenvalue weighted by Gasteiger charge is 2.21. The number of carboxylic acid groups (broad SMARTS) is 1. The van der Waals surface area contributed by atoms with Crippen LogP contribution < -0.4 is 0 Å². The minimum atomic E-state index is -1.00. The number of carbonyl (C=O) groups is 2. The third-order valence-corrected chi connectivity index (χ3v) is 4.07. The molecule has 0 bridgehead atoms. The molecule has 1 heterocycles. The van der Waals surface area contributed by atoms with Gasteiger partial charge >= 0.3 is 5.97 Å². The summed E-state index contributed by atoms with van der Waals surface area (Å²) in [5.41, 5.74) is 0. The van der Waals surface area contributed by atoms with E-state index in [2.05, 4.69) is 15.9 Å². The van der Waals surface area contributed by atoms with E-state index in [1.54, 1.807) is 11.4 Å². The van der Waals surface area contributed by atoms with Crippen LogP contribution in [-0.4, -0.2) is 60.5 Å². The van der Waals surface area contributed by atoms with Gasteiger partial charge in [-0.1, -0.05) is 0 Å². The summed E-state index contributed by atoms with van der Waals surface area (Å²) < 4.78 is 0.706. The minimum absolute atomic E-state index is 0.249. The van der Waals surface area contributed by atoms with Crippen molar-refractivity contribution < 1.29 is 14.7 Å². The van der Waals surface area contributed by atoms with Gasteiger partial charge in [0, 0.05) is 17.6 Å². The van der Waals surface area contributed by atoms with Crippen LogP contribution in [0.25, 0.3) is 0 Å². The van der Waals surface area contributed by atoms with Crippen molar-refractivity contribution in [1.29, 1.82) is 0 Å². The molecule has 1 amide bonds. The highest BCUT2D eigenvalue weighted by atomic mass is 79.9. The molecule has 0 aliphatic heterocycles. The summed E-state index contributed by atoms with van der Waals surface area (Å²) in [7, 11) is 3.76. The lowest BCUT2D eigenvalue weighted by Gasteiger charge is -2.22. The van der Waals surface area contributed by atoms with E-state index in [0.29, 0.717) is 22.4 Å². The topological polar surface area (TPSA) is 60.9 Å². The summed E-state index contributed by atoms with van der Waals surface area (Å²) in [4.78, 5) is 26.8. The van der Waals surface area contributed by atoms with Crippen molar-refractivity contribution in [3.63, 3.8) is 0 Å². The van der Waals surface area contributed by atoms with Crippen LogP contribution in [0.15, 0.2) is 15.9 Å². The van der Waals surface area contributed by atoms with Gasteiger partial charge < -0.3 is 14.9 Å². The molecule has 0 aliphatic carbocycles. The van der Waals surface area contributed by atoms with Crippen LogP contribution in [0.5, 0.6) is 0 Å². The van der Waals surface area contributed by atoms with Gasteiger partial charge in [0.2, 0.25) is 0 Å². The Morgan fingerprint density at radius 1 is 1.39 bits per heavy atom.